The highest BCUT2D eigenvalue weighted by Crippen LogP contribution is 2.16. The molecule has 4 heteroatoms. The average molecular weight is 257 g/mol. The standard InChI is InChI=1S/C15H19N3O/c1-12-6-4-5-9-17(12)11-18-15(19)14-8-3-2-7-13(14)10-16-18/h2-3,7-8,10,12H,4-6,9,11H2,1H3. The lowest BCUT2D eigenvalue weighted by Gasteiger charge is -2.33. The van der Waals surface area contributed by atoms with E-state index in [4.69, 9.17) is 0 Å². The summed E-state index contributed by atoms with van der Waals surface area (Å²) in [5.74, 6) is 0. The van der Waals surface area contributed by atoms with Crippen LogP contribution in [0.25, 0.3) is 10.8 Å². The van der Waals surface area contributed by atoms with Gasteiger partial charge in [0.1, 0.15) is 0 Å². The molecule has 0 aliphatic carbocycles. The largest absolute Gasteiger partial charge is 0.282 e. The second kappa shape index (κ2) is 5.13. The van der Waals surface area contributed by atoms with Crippen LogP contribution in [0.2, 0.25) is 0 Å². The molecule has 0 radical (unpaired) electrons. The molecule has 3 rings (SSSR count). The first-order valence-electron chi connectivity index (χ1n) is 6.94. The van der Waals surface area contributed by atoms with Crippen LogP contribution in [-0.4, -0.2) is 27.3 Å². The number of hydrogen-bond donors (Lipinski definition) is 0. The Kier molecular flexibility index (Phi) is 3.34. The predicted molar refractivity (Wildman–Crippen MR) is 76.0 cm³/mol. The molecule has 100 valence electrons. The van der Waals surface area contributed by atoms with E-state index in [2.05, 4.69) is 16.9 Å². The number of hydrogen-bond acceptors (Lipinski definition) is 3. The fourth-order valence-electron chi connectivity index (χ4n) is 2.77. The van der Waals surface area contributed by atoms with E-state index >= 15 is 0 Å². The van der Waals surface area contributed by atoms with Crippen molar-refractivity contribution in [1.29, 1.82) is 0 Å². The highest BCUT2D eigenvalue weighted by atomic mass is 16.1. The van der Waals surface area contributed by atoms with Gasteiger partial charge in [-0.2, -0.15) is 5.10 Å². The van der Waals surface area contributed by atoms with Gasteiger partial charge in [0.25, 0.3) is 5.56 Å². The summed E-state index contributed by atoms with van der Waals surface area (Å²) in [6.07, 6.45) is 5.50. The van der Waals surface area contributed by atoms with E-state index in [1.54, 1.807) is 10.9 Å². The predicted octanol–water partition coefficient (Wildman–Crippen LogP) is 2.23. The molecule has 0 spiro atoms. The van der Waals surface area contributed by atoms with Crippen LogP contribution in [0.15, 0.2) is 35.3 Å². The van der Waals surface area contributed by atoms with Gasteiger partial charge in [-0.3, -0.25) is 9.69 Å². The number of nitrogens with zero attached hydrogens (tertiary/aromatic N) is 3. The first-order valence-corrected chi connectivity index (χ1v) is 6.94. The molecule has 0 bridgehead atoms. The summed E-state index contributed by atoms with van der Waals surface area (Å²) < 4.78 is 1.59. The van der Waals surface area contributed by atoms with Gasteiger partial charge in [0.15, 0.2) is 0 Å². The van der Waals surface area contributed by atoms with Crippen LogP contribution >= 0.6 is 0 Å². The summed E-state index contributed by atoms with van der Waals surface area (Å²) in [5, 5.41) is 5.96. The highest BCUT2D eigenvalue weighted by Gasteiger charge is 2.19. The van der Waals surface area contributed by atoms with E-state index in [0.29, 0.717) is 12.7 Å². The molecular weight excluding hydrogens is 238 g/mol. The minimum Gasteiger partial charge on any atom is -0.282 e. The Balaban J connectivity index is 1.93. The zero-order valence-corrected chi connectivity index (χ0v) is 11.2. The molecule has 1 saturated heterocycles. The Hall–Kier alpha value is -1.68. The molecular formula is C15H19N3O. The SMILES string of the molecule is CC1CCCCN1Cn1ncc2ccccc2c1=O. The fraction of sp³-hybridized carbons (Fsp3) is 0.467. The quantitative estimate of drug-likeness (QED) is 0.828. The zero-order chi connectivity index (χ0) is 13.2. The lowest BCUT2D eigenvalue weighted by molar-refractivity contribution is 0.113. The molecule has 4 nitrogen and oxygen atoms in total. The van der Waals surface area contributed by atoms with Gasteiger partial charge in [-0.05, 0) is 25.8 Å². The van der Waals surface area contributed by atoms with Gasteiger partial charge in [0.2, 0.25) is 0 Å². The van der Waals surface area contributed by atoms with Crippen LogP contribution in [0.3, 0.4) is 0 Å². The van der Waals surface area contributed by atoms with Crippen LogP contribution < -0.4 is 5.56 Å². The summed E-state index contributed by atoms with van der Waals surface area (Å²) in [5.41, 5.74) is 0.0101. The molecule has 2 aromatic rings. The van der Waals surface area contributed by atoms with Gasteiger partial charge in [-0.1, -0.05) is 24.6 Å². The lowest BCUT2D eigenvalue weighted by atomic mass is 10.0. The molecule has 1 aromatic carbocycles. The second-order valence-corrected chi connectivity index (χ2v) is 5.34. The van der Waals surface area contributed by atoms with Crippen molar-refractivity contribution < 1.29 is 0 Å². The maximum Gasteiger partial charge on any atom is 0.275 e. The third-order valence-electron chi connectivity index (χ3n) is 4.02. The zero-order valence-electron chi connectivity index (χ0n) is 11.2. The normalized spacial score (nSPS) is 20.8. The minimum absolute atomic E-state index is 0.0101. The average Bonchev–Trinajstić information content (AvgIpc) is 2.44. The van der Waals surface area contributed by atoms with Gasteiger partial charge in [0, 0.05) is 18.0 Å². The maximum atomic E-state index is 12.4. The van der Waals surface area contributed by atoms with E-state index in [-0.39, 0.29) is 5.56 Å². The topological polar surface area (TPSA) is 38.1 Å². The van der Waals surface area contributed by atoms with Gasteiger partial charge in [-0.15, -0.1) is 0 Å². The number of benzene rings is 1. The molecule has 0 saturated carbocycles. The van der Waals surface area contributed by atoms with Gasteiger partial charge in [0.05, 0.1) is 18.3 Å². The molecule has 1 atom stereocenters. The molecule has 0 amide bonds. The fourth-order valence-corrected chi connectivity index (χ4v) is 2.77. The first-order chi connectivity index (χ1) is 9.25. The molecule has 0 N–H and O–H groups in total. The van der Waals surface area contributed by atoms with E-state index in [9.17, 15) is 4.79 Å². The monoisotopic (exact) mass is 257 g/mol. The lowest BCUT2D eigenvalue weighted by Crippen LogP contribution is -2.41. The number of aromatic nitrogens is 2. The molecule has 2 heterocycles. The molecule has 1 aliphatic heterocycles. The highest BCUT2D eigenvalue weighted by molar-refractivity contribution is 5.80. The molecule has 19 heavy (non-hydrogen) atoms. The van der Waals surface area contributed by atoms with Crippen molar-refractivity contribution in [3.8, 4) is 0 Å². The van der Waals surface area contributed by atoms with Crippen LogP contribution in [0.5, 0.6) is 0 Å². The van der Waals surface area contributed by atoms with Crippen molar-refractivity contribution in [2.45, 2.75) is 38.9 Å². The maximum absolute atomic E-state index is 12.4. The Morgan fingerprint density at radius 2 is 2.16 bits per heavy atom. The van der Waals surface area contributed by atoms with Crippen molar-refractivity contribution in [3.05, 3.63) is 40.8 Å². The molecule has 1 fully saturated rings. The first kappa shape index (κ1) is 12.4. The summed E-state index contributed by atoms with van der Waals surface area (Å²) in [7, 11) is 0. The third-order valence-corrected chi connectivity index (χ3v) is 4.02. The van der Waals surface area contributed by atoms with Gasteiger partial charge >= 0.3 is 0 Å². The summed E-state index contributed by atoms with van der Waals surface area (Å²) in [4.78, 5) is 14.7. The van der Waals surface area contributed by atoms with Crippen molar-refractivity contribution in [1.82, 2.24) is 14.7 Å². The van der Waals surface area contributed by atoms with Crippen molar-refractivity contribution in [3.63, 3.8) is 0 Å². The number of likely N-dealkylation sites (tertiary alicyclic amines) is 1. The van der Waals surface area contributed by atoms with Crippen molar-refractivity contribution in [2.24, 2.45) is 0 Å². The third kappa shape index (κ3) is 2.40. The number of fused-ring (bicyclic) bond motifs is 1. The Morgan fingerprint density at radius 3 is 3.00 bits per heavy atom. The van der Waals surface area contributed by atoms with E-state index in [1.807, 2.05) is 24.3 Å². The Morgan fingerprint density at radius 1 is 1.32 bits per heavy atom. The Labute approximate surface area is 112 Å². The molecule has 1 unspecified atom stereocenters. The summed E-state index contributed by atoms with van der Waals surface area (Å²) >= 11 is 0. The van der Waals surface area contributed by atoms with E-state index in [1.165, 1.54) is 19.3 Å². The molecule has 1 aromatic heterocycles. The molecule has 1 aliphatic rings. The second-order valence-electron chi connectivity index (χ2n) is 5.34. The smallest absolute Gasteiger partial charge is 0.275 e. The summed E-state index contributed by atoms with van der Waals surface area (Å²) in [6.45, 7) is 3.89. The minimum atomic E-state index is 0.0101. The van der Waals surface area contributed by atoms with Gasteiger partial charge < -0.3 is 0 Å². The van der Waals surface area contributed by atoms with Crippen LogP contribution in [0.4, 0.5) is 0 Å². The van der Waals surface area contributed by atoms with E-state index in [0.717, 1.165) is 17.3 Å². The van der Waals surface area contributed by atoms with Crippen molar-refractivity contribution >= 4 is 10.8 Å². The number of piperidine rings is 1. The Bertz CT molecular complexity index is 635. The van der Waals surface area contributed by atoms with Crippen molar-refractivity contribution in [2.75, 3.05) is 6.54 Å². The van der Waals surface area contributed by atoms with E-state index < -0.39 is 0 Å². The van der Waals surface area contributed by atoms with Crippen LogP contribution in [-0.2, 0) is 6.67 Å². The van der Waals surface area contributed by atoms with Crippen LogP contribution in [0.1, 0.15) is 26.2 Å². The number of rotatable bonds is 2. The van der Waals surface area contributed by atoms with Crippen LogP contribution in [0, 0.1) is 0 Å². The van der Waals surface area contributed by atoms with Gasteiger partial charge in [-0.25, -0.2) is 4.68 Å². The summed E-state index contributed by atoms with van der Waals surface area (Å²) in [6, 6.07) is 8.17.